The summed E-state index contributed by atoms with van der Waals surface area (Å²) in [6.07, 6.45) is 6.49. The van der Waals surface area contributed by atoms with E-state index in [1.54, 1.807) is 4.90 Å². The van der Waals surface area contributed by atoms with Gasteiger partial charge in [0.05, 0.1) is 0 Å². The zero-order valence-electron chi connectivity index (χ0n) is 21.5. The molecule has 6 nitrogen and oxygen atoms in total. The van der Waals surface area contributed by atoms with E-state index in [1.165, 1.54) is 16.3 Å². The van der Waals surface area contributed by atoms with E-state index in [-0.39, 0.29) is 36.5 Å². The first-order chi connectivity index (χ1) is 16.7. The molecule has 2 N–H and O–H groups in total. The van der Waals surface area contributed by atoms with E-state index in [0.717, 1.165) is 12.8 Å². The second-order valence-electron chi connectivity index (χ2n) is 10.5. The van der Waals surface area contributed by atoms with Crippen LogP contribution in [0, 0.1) is 11.8 Å². The highest BCUT2D eigenvalue weighted by atomic mass is 16.6. The minimum Gasteiger partial charge on any atom is -0.444 e. The van der Waals surface area contributed by atoms with Gasteiger partial charge in [-0.3, -0.25) is 4.79 Å². The Morgan fingerprint density at radius 3 is 2.43 bits per heavy atom. The number of nitrogens with zero attached hydrogens (tertiary/aromatic N) is 1. The van der Waals surface area contributed by atoms with E-state index in [2.05, 4.69) is 35.6 Å². The van der Waals surface area contributed by atoms with Crippen LogP contribution in [0.3, 0.4) is 0 Å². The van der Waals surface area contributed by atoms with Crippen LogP contribution in [0.4, 0.5) is 4.79 Å². The smallest absolute Gasteiger partial charge is 0.410 e. The highest BCUT2D eigenvalue weighted by Crippen LogP contribution is 2.21. The third-order valence-corrected chi connectivity index (χ3v) is 6.45. The van der Waals surface area contributed by atoms with Crippen molar-refractivity contribution in [2.45, 2.75) is 65.0 Å². The van der Waals surface area contributed by atoms with Crippen molar-refractivity contribution in [1.82, 2.24) is 10.2 Å². The molecule has 1 aliphatic heterocycles. The first kappa shape index (κ1) is 26.7. The number of benzene rings is 2. The second kappa shape index (κ2) is 12.2. The number of fused-ring (bicyclic) bond motifs is 1. The van der Waals surface area contributed by atoms with E-state index in [9.17, 15) is 14.7 Å². The standard InChI is InChI=1S/C29H40N2O4/c1-5-26(30-27(33)24-14-16-31(17-15-24)28(34)35-29(2,3)4)13-11-22(20-32)18-21-10-12-23-8-6-7-9-25(23)19-21/h6-13,19,22,24,26,32H,5,14-18,20H2,1-4H3,(H,30,33)/b13-11+/t22?,26-/m1/s1. The van der Waals surface area contributed by atoms with Crippen LogP contribution in [-0.2, 0) is 16.0 Å². The topological polar surface area (TPSA) is 78.9 Å². The lowest BCUT2D eigenvalue weighted by molar-refractivity contribution is -0.126. The lowest BCUT2D eigenvalue weighted by Crippen LogP contribution is -2.46. The molecule has 2 atom stereocenters. The van der Waals surface area contributed by atoms with Gasteiger partial charge < -0.3 is 20.1 Å². The molecule has 35 heavy (non-hydrogen) atoms. The van der Waals surface area contributed by atoms with Gasteiger partial charge >= 0.3 is 6.09 Å². The summed E-state index contributed by atoms with van der Waals surface area (Å²) in [7, 11) is 0. The molecule has 190 valence electrons. The summed E-state index contributed by atoms with van der Waals surface area (Å²) >= 11 is 0. The molecule has 3 rings (SSSR count). The first-order valence-corrected chi connectivity index (χ1v) is 12.7. The maximum atomic E-state index is 12.9. The van der Waals surface area contributed by atoms with Crippen LogP contribution in [0.5, 0.6) is 0 Å². The van der Waals surface area contributed by atoms with Gasteiger partial charge in [0, 0.05) is 37.6 Å². The van der Waals surface area contributed by atoms with Gasteiger partial charge in [0.2, 0.25) is 5.91 Å². The zero-order chi connectivity index (χ0) is 25.4. The highest BCUT2D eigenvalue weighted by molar-refractivity contribution is 5.83. The van der Waals surface area contributed by atoms with Gasteiger partial charge in [0.25, 0.3) is 0 Å². The molecule has 0 bridgehead atoms. The number of aliphatic hydroxyl groups is 1. The Morgan fingerprint density at radius 1 is 1.11 bits per heavy atom. The van der Waals surface area contributed by atoms with Crippen molar-refractivity contribution in [3.8, 4) is 0 Å². The maximum absolute atomic E-state index is 12.9. The Labute approximate surface area is 209 Å². The quantitative estimate of drug-likeness (QED) is 0.516. The Morgan fingerprint density at radius 2 is 1.80 bits per heavy atom. The van der Waals surface area contributed by atoms with Gasteiger partial charge in [-0.1, -0.05) is 61.5 Å². The summed E-state index contributed by atoms with van der Waals surface area (Å²) in [5.41, 5.74) is 0.661. The normalized spacial score (nSPS) is 16.9. The molecule has 0 aromatic heterocycles. The fourth-order valence-electron chi connectivity index (χ4n) is 4.39. The van der Waals surface area contributed by atoms with E-state index in [4.69, 9.17) is 4.74 Å². The molecule has 2 aromatic carbocycles. The van der Waals surface area contributed by atoms with Crippen molar-refractivity contribution in [3.05, 3.63) is 60.2 Å². The molecule has 0 spiro atoms. The molecule has 0 aliphatic carbocycles. The van der Waals surface area contributed by atoms with Gasteiger partial charge in [0.15, 0.2) is 0 Å². The molecule has 2 amide bonds. The predicted molar refractivity (Wildman–Crippen MR) is 140 cm³/mol. The minimum atomic E-state index is -0.521. The number of amides is 2. The minimum absolute atomic E-state index is 0.0146. The number of nitrogens with one attached hydrogen (secondary N) is 1. The number of aliphatic hydroxyl groups excluding tert-OH is 1. The third-order valence-electron chi connectivity index (χ3n) is 6.45. The fraction of sp³-hybridized carbons (Fsp3) is 0.517. The van der Waals surface area contributed by atoms with Crippen LogP contribution < -0.4 is 5.32 Å². The fourth-order valence-corrected chi connectivity index (χ4v) is 4.39. The largest absolute Gasteiger partial charge is 0.444 e. The lowest BCUT2D eigenvalue weighted by Gasteiger charge is -2.33. The van der Waals surface area contributed by atoms with E-state index in [1.807, 2.05) is 52.0 Å². The van der Waals surface area contributed by atoms with Crippen molar-refractivity contribution >= 4 is 22.8 Å². The summed E-state index contributed by atoms with van der Waals surface area (Å²) in [5, 5.41) is 15.5. The Bertz CT molecular complexity index is 1020. The van der Waals surface area contributed by atoms with Gasteiger partial charge in [-0.05, 0) is 62.8 Å². The average molecular weight is 481 g/mol. The van der Waals surface area contributed by atoms with Gasteiger partial charge in [-0.2, -0.15) is 0 Å². The van der Waals surface area contributed by atoms with Crippen LogP contribution in [-0.4, -0.2) is 53.3 Å². The molecule has 1 heterocycles. The lowest BCUT2D eigenvalue weighted by atomic mass is 9.95. The SMILES string of the molecule is CC[C@H](/C=C/C(CO)Cc1ccc2ccccc2c1)NC(=O)C1CCN(C(=O)OC(C)(C)C)CC1. The van der Waals surface area contributed by atoms with Crippen molar-refractivity contribution in [3.63, 3.8) is 0 Å². The van der Waals surface area contributed by atoms with Gasteiger partial charge in [-0.25, -0.2) is 4.79 Å². The second-order valence-corrected chi connectivity index (χ2v) is 10.5. The van der Waals surface area contributed by atoms with Gasteiger partial charge in [0.1, 0.15) is 5.60 Å². The molecule has 2 aromatic rings. The number of carbonyl (C=O) groups is 2. The maximum Gasteiger partial charge on any atom is 0.410 e. The number of hydrogen-bond donors (Lipinski definition) is 2. The van der Waals surface area contributed by atoms with E-state index in [0.29, 0.717) is 25.9 Å². The van der Waals surface area contributed by atoms with Crippen LogP contribution in [0.1, 0.15) is 52.5 Å². The Kier molecular flexibility index (Phi) is 9.33. The predicted octanol–water partition coefficient (Wildman–Crippen LogP) is 5.09. The van der Waals surface area contributed by atoms with Crippen LogP contribution in [0.25, 0.3) is 10.8 Å². The van der Waals surface area contributed by atoms with E-state index < -0.39 is 5.60 Å². The van der Waals surface area contributed by atoms with Crippen LogP contribution in [0.2, 0.25) is 0 Å². The number of hydrogen-bond acceptors (Lipinski definition) is 4. The summed E-state index contributed by atoms with van der Waals surface area (Å²) < 4.78 is 5.44. The molecule has 1 saturated heterocycles. The molecule has 1 unspecified atom stereocenters. The summed E-state index contributed by atoms with van der Waals surface area (Å²) in [6.45, 7) is 8.70. The van der Waals surface area contributed by atoms with Crippen LogP contribution >= 0.6 is 0 Å². The number of ether oxygens (including phenoxy) is 1. The Balaban J connectivity index is 1.51. The molecule has 1 fully saturated rings. The zero-order valence-corrected chi connectivity index (χ0v) is 21.5. The number of carbonyl (C=O) groups excluding carboxylic acids is 2. The third kappa shape index (κ3) is 8.10. The molecule has 6 heteroatoms. The molecule has 0 radical (unpaired) electrons. The number of rotatable bonds is 8. The Hall–Kier alpha value is -2.86. The molecule has 1 aliphatic rings. The van der Waals surface area contributed by atoms with Crippen molar-refractivity contribution in [2.75, 3.05) is 19.7 Å². The monoisotopic (exact) mass is 480 g/mol. The average Bonchev–Trinajstić information content (AvgIpc) is 2.84. The van der Waals surface area contributed by atoms with E-state index >= 15 is 0 Å². The van der Waals surface area contributed by atoms with Crippen molar-refractivity contribution < 1.29 is 19.4 Å². The van der Waals surface area contributed by atoms with Crippen molar-refractivity contribution in [1.29, 1.82) is 0 Å². The summed E-state index contributed by atoms with van der Waals surface area (Å²) in [5.74, 6) is -0.0954. The van der Waals surface area contributed by atoms with Crippen LogP contribution in [0.15, 0.2) is 54.6 Å². The highest BCUT2D eigenvalue weighted by Gasteiger charge is 2.30. The van der Waals surface area contributed by atoms with Gasteiger partial charge in [-0.15, -0.1) is 0 Å². The first-order valence-electron chi connectivity index (χ1n) is 12.7. The molecular formula is C29H40N2O4. The molecule has 0 saturated carbocycles. The number of likely N-dealkylation sites (tertiary alicyclic amines) is 1. The van der Waals surface area contributed by atoms with Crippen molar-refractivity contribution in [2.24, 2.45) is 11.8 Å². The molecular weight excluding hydrogens is 440 g/mol. The summed E-state index contributed by atoms with van der Waals surface area (Å²) in [4.78, 5) is 26.8. The summed E-state index contributed by atoms with van der Waals surface area (Å²) in [6, 6.07) is 14.6. The number of piperidine rings is 1.